The molecule has 74 valence electrons. The van der Waals surface area contributed by atoms with Crippen molar-refractivity contribution in [3.63, 3.8) is 0 Å². The summed E-state index contributed by atoms with van der Waals surface area (Å²) in [6.45, 7) is 0.475. The number of carbonyl (C=O) groups is 2. The minimum atomic E-state index is 0.000622. The lowest BCUT2D eigenvalue weighted by molar-refractivity contribution is -0.107. The predicted octanol–water partition coefficient (Wildman–Crippen LogP) is 1.31. The molecule has 0 aliphatic heterocycles. The smallest absolute Gasteiger partial charge is 0.163 e. The molecule has 0 aromatic heterocycles. The van der Waals surface area contributed by atoms with Crippen molar-refractivity contribution in [2.24, 2.45) is 5.73 Å². The number of Topliss-reactive ketones (excluding diaryl/α,β-unsaturated/α-hetero) is 1. The molecule has 14 heavy (non-hydrogen) atoms. The van der Waals surface area contributed by atoms with Crippen molar-refractivity contribution in [1.82, 2.24) is 0 Å². The van der Waals surface area contributed by atoms with Crippen molar-refractivity contribution in [3.8, 4) is 0 Å². The maximum atomic E-state index is 11.4. The quantitative estimate of drug-likeness (QED) is 0.563. The highest BCUT2D eigenvalue weighted by Gasteiger charge is 2.04. The molecule has 1 aromatic carbocycles. The second kappa shape index (κ2) is 5.29. The normalized spacial score (nSPS) is 9.79. The van der Waals surface area contributed by atoms with Gasteiger partial charge >= 0.3 is 0 Å². The topological polar surface area (TPSA) is 60.2 Å². The van der Waals surface area contributed by atoms with Gasteiger partial charge in [0.1, 0.15) is 6.29 Å². The molecule has 0 saturated heterocycles. The molecule has 0 bridgehead atoms. The van der Waals surface area contributed by atoms with Crippen LogP contribution in [0.4, 0.5) is 0 Å². The van der Waals surface area contributed by atoms with E-state index in [1.54, 1.807) is 12.1 Å². The maximum Gasteiger partial charge on any atom is 0.163 e. The van der Waals surface area contributed by atoms with Crippen LogP contribution in [0.3, 0.4) is 0 Å². The van der Waals surface area contributed by atoms with Crippen molar-refractivity contribution in [3.05, 3.63) is 35.4 Å². The van der Waals surface area contributed by atoms with Crippen LogP contribution in [-0.4, -0.2) is 12.1 Å². The summed E-state index contributed by atoms with van der Waals surface area (Å²) in [6.07, 6.45) is 1.33. The molecule has 0 amide bonds. The third-order valence-electron chi connectivity index (χ3n) is 2.00. The number of hydrogen-bond donors (Lipinski definition) is 1. The SMILES string of the molecule is NCc1ccc(C(=O)CCC=O)cc1. The second-order valence-electron chi connectivity index (χ2n) is 3.03. The average Bonchev–Trinajstić information content (AvgIpc) is 2.26. The lowest BCUT2D eigenvalue weighted by atomic mass is 10.1. The Kier molecular flexibility index (Phi) is 4.01. The molecule has 0 radical (unpaired) electrons. The monoisotopic (exact) mass is 191 g/mol. The van der Waals surface area contributed by atoms with Crippen LogP contribution in [0.15, 0.2) is 24.3 Å². The molecular formula is C11H13NO2. The van der Waals surface area contributed by atoms with Crippen LogP contribution in [0.2, 0.25) is 0 Å². The third-order valence-corrected chi connectivity index (χ3v) is 2.00. The summed E-state index contributed by atoms with van der Waals surface area (Å²) >= 11 is 0. The van der Waals surface area contributed by atoms with E-state index in [0.29, 0.717) is 12.1 Å². The number of nitrogens with two attached hydrogens (primary N) is 1. The summed E-state index contributed by atoms with van der Waals surface area (Å²) in [5.74, 6) is 0.000622. The van der Waals surface area contributed by atoms with Gasteiger partial charge in [-0.3, -0.25) is 4.79 Å². The van der Waals surface area contributed by atoms with E-state index in [2.05, 4.69) is 0 Å². The number of benzene rings is 1. The molecule has 0 aliphatic carbocycles. The summed E-state index contributed by atoms with van der Waals surface area (Å²) < 4.78 is 0. The van der Waals surface area contributed by atoms with Gasteiger partial charge in [-0.2, -0.15) is 0 Å². The average molecular weight is 191 g/mol. The van der Waals surface area contributed by atoms with E-state index < -0.39 is 0 Å². The zero-order valence-corrected chi connectivity index (χ0v) is 7.90. The Hall–Kier alpha value is -1.48. The molecule has 1 aromatic rings. The predicted molar refractivity (Wildman–Crippen MR) is 54.0 cm³/mol. The first-order chi connectivity index (χ1) is 6.77. The zero-order chi connectivity index (χ0) is 10.4. The Labute approximate surface area is 82.9 Å². The summed E-state index contributed by atoms with van der Waals surface area (Å²) in [5.41, 5.74) is 7.06. The van der Waals surface area contributed by atoms with Gasteiger partial charge in [0.2, 0.25) is 0 Å². The van der Waals surface area contributed by atoms with Crippen molar-refractivity contribution in [1.29, 1.82) is 0 Å². The molecule has 0 saturated carbocycles. The minimum Gasteiger partial charge on any atom is -0.326 e. The van der Waals surface area contributed by atoms with Gasteiger partial charge in [0.25, 0.3) is 0 Å². The van der Waals surface area contributed by atoms with E-state index in [-0.39, 0.29) is 18.6 Å². The number of rotatable bonds is 5. The van der Waals surface area contributed by atoms with Crippen LogP contribution in [0.1, 0.15) is 28.8 Å². The highest BCUT2D eigenvalue weighted by molar-refractivity contribution is 5.96. The van der Waals surface area contributed by atoms with Crippen LogP contribution in [-0.2, 0) is 11.3 Å². The molecule has 0 heterocycles. The van der Waals surface area contributed by atoms with Crippen LogP contribution < -0.4 is 5.73 Å². The van der Waals surface area contributed by atoms with Crippen molar-refractivity contribution >= 4 is 12.1 Å². The molecular weight excluding hydrogens is 178 g/mol. The molecule has 0 atom stereocenters. The van der Waals surface area contributed by atoms with Crippen LogP contribution in [0, 0.1) is 0 Å². The van der Waals surface area contributed by atoms with Gasteiger partial charge in [0, 0.05) is 24.9 Å². The first-order valence-electron chi connectivity index (χ1n) is 4.53. The first kappa shape index (κ1) is 10.6. The molecule has 3 heteroatoms. The highest BCUT2D eigenvalue weighted by Crippen LogP contribution is 2.07. The third kappa shape index (κ3) is 2.78. The van der Waals surface area contributed by atoms with E-state index >= 15 is 0 Å². The fourth-order valence-corrected chi connectivity index (χ4v) is 1.16. The van der Waals surface area contributed by atoms with Gasteiger partial charge in [-0.25, -0.2) is 0 Å². The van der Waals surface area contributed by atoms with Crippen molar-refractivity contribution < 1.29 is 9.59 Å². The lowest BCUT2D eigenvalue weighted by Gasteiger charge is -2.00. The van der Waals surface area contributed by atoms with Crippen molar-refractivity contribution in [2.45, 2.75) is 19.4 Å². The molecule has 0 fully saturated rings. The number of aldehydes is 1. The van der Waals surface area contributed by atoms with E-state index in [9.17, 15) is 9.59 Å². The van der Waals surface area contributed by atoms with Gasteiger partial charge in [-0.05, 0) is 5.56 Å². The lowest BCUT2D eigenvalue weighted by Crippen LogP contribution is -2.01. The molecule has 0 aliphatic rings. The van der Waals surface area contributed by atoms with Gasteiger partial charge in [0.05, 0.1) is 0 Å². The van der Waals surface area contributed by atoms with Crippen LogP contribution in [0.25, 0.3) is 0 Å². The largest absolute Gasteiger partial charge is 0.326 e. The van der Waals surface area contributed by atoms with E-state index in [0.717, 1.165) is 11.8 Å². The Balaban J connectivity index is 2.66. The molecule has 1 rings (SSSR count). The molecule has 2 N–H and O–H groups in total. The minimum absolute atomic E-state index is 0.000622. The Morgan fingerprint density at radius 2 is 1.93 bits per heavy atom. The fourth-order valence-electron chi connectivity index (χ4n) is 1.16. The van der Waals surface area contributed by atoms with Gasteiger partial charge in [-0.15, -0.1) is 0 Å². The zero-order valence-electron chi connectivity index (χ0n) is 7.90. The fraction of sp³-hybridized carbons (Fsp3) is 0.273. The van der Waals surface area contributed by atoms with Crippen LogP contribution >= 0.6 is 0 Å². The maximum absolute atomic E-state index is 11.4. The van der Waals surface area contributed by atoms with E-state index in [1.165, 1.54) is 0 Å². The number of carbonyl (C=O) groups excluding carboxylic acids is 2. The Bertz CT molecular complexity index is 317. The second-order valence-corrected chi connectivity index (χ2v) is 3.03. The van der Waals surface area contributed by atoms with Gasteiger partial charge < -0.3 is 10.5 Å². The van der Waals surface area contributed by atoms with Crippen molar-refractivity contribution in [2.75, 3.05) is 0 Å². The van der Waals surface area contributed by atoms with Gasteiger partial charge in [-0.1, -0.05) is 24.3 Å². The Morgan fingerprint density at radius 3 is 2.43 bits per heavy atom. The number of hydrogen-bond acceptors (Lipinski definition) is 3. The summed E-state index contributed by atoms with van der Waals surface area (Å²) in [7, 11) is 0. The Morgan fingerprint density at radius 1 is 1.29 bits per heavy atom. The molecule has 0 unspecified atom stereocenters. The highest BCUT2D eigenvalue weighted by atomic mass is 16.1. The van der Waals surface area contributed by atoms with Crippen LogP contribution in [0.5, 0.6) is 0 Å². The van der Waals surface area contributed by atoms with Gasteiger partial charge in [0.15, 0.2) is 5.78 Å². The number of ketones is 1. The van der Waals surface area contributed by atoms with E-state index in [4.69, 9.17) is 5.73 Å². The molecule has 3 nitrogen and oxygen atoms in total. The van der Waals surface area contributed by atoms with E-state index in [1.807, 2.05) is 12.1 Å². The summed E-state index contributed by atoms with van der Waals surface area (Å²) in [4.78, 5) is 21.5. The summed E-state index contributed by atoms with van der Waals surface area (Å²) in [5, 5.41) is 0. The first-order valence-corrected chi connectivity index (χ1v) is 4.53. The molecule has 0 spiro atoms. The standard InChI is InChI=1S/C11H13NO2/c12-8-9-3-5-10(6-4-9)11(14)2-1-7-13/h3-7H,1-2,8,12H2. The summed E-state index contributed by atoms with van der Waals surface area (Å²) in [6, 6.07) is 7.15.